The molecule has 0 radical (unpaired) electrons. The van der Waals surface area contributed by atoms with Crippen LogP contribution >= 0.6 is 0 Å². The number of carboxylic acid groups (broad SMARTS) is 2. The first-order chi connectivity index (χ1) is 16.4. The SMILES string of the molecule is CCCCCCCCCCCCCCC1=NCC[N+]1(C(C)O)C(C)C(=O)O.C[N+](C)(C)CC(=O)O. The maximum Gasteiger partial charge on any atom is 0.362 e. The van der Waals surface area contributed by atoms with Gasteiger partial charge < -0.3 is 19.8 Å². The molecule has 3 unspecified atom stereocenters. The van der Waals surface area contributed by atoms with Gasteiger partial charge in [-0.25, -0.2) is 19.1 Å². The maximum atomic E-state index is 11.5. The zero-order chi connectivity index (χ0) is 26.9. The van der Waals surface area contributed by atoms with Crippen LogP contribution in [-0.4, -0.2) is 95.1 Å². The van der Waals surface area contributed by atoms with E-state index < -0.39 is 24.2 Å². The molecule has 1 aliphatic rings. The summed E-state index contributed by atoms with van der Waals surface area (Å²) in [5.41, 5.74) is 0. The molecule has 0 aromatic carbocycles. The number of aliphatic hydroxyl groups excluding tert-OH is 1. The van der Waals surface area contributed by atoms with E-state index in [4.69, 9.17) is 5.11 Å². The largest absolute Gasteiger partial charge is 0.477 e. The highest BCUT2D eigenvalue weighted by molar-refractivity contribution is 5.81. The zero-order valence-corrected chi connectivity index (χ0v) is 23.5. The van der Waals surface area contributed by atoms with Gasteiger partial charge in [-0.15, -0.1) is 0 Å². The minimum atomic E-state index is -0.861. The molecule has 0 fully saturated rings. The van der Waals surface area contributed by atoms with Crippen molar-refractivity contribution in [2.45, 2.75) is 117 Å². The van der Waals surface area contributed by atoms with E-state index in [9.17, 15) is 19.8 Å². The number of aliphatic carboxylic acids is 2. The van der Waals surface area contributed by atoms with Crippen molar-refractivity contribution in [3.8, 4) is 0 Å². The monoisotopic (exact) mass is 501 g/mol. The van der Waals surface area contributed by atoms with E-state index in [1.807, 2.05) is 21.1 Å². The van der Waals surface area contributed by atoms with Crippen LogP contribution in [0.25, 0.3) is 0 Å². The fourth-order valence-corrected chi connectivity index (χ4v) is 4.76. The second kappa shape index (κ2) is 17.8. The van der Waals surface area contributed by atoms with Crippen LogP contribution in [0.1, 0.15) is 104 Å². The Hall–Kier alpha value is -1.51. The summed E-state index contributed by atoms with van der Waals surface area (Å²) in [7, 11) is 5.52. The highest BCUT2D eigenvalue weighted by Gasteiger charge is 2.49. The van der Waals surface area contributed by atoms with Crippen LogP contribution < -0.4 is 0 Å². The predicted octanol–water partition coefficient (Wildman–Crippen LogP) is 4.90. The van der Waals surface area contributed by atoms with E-state index in [0.29, 0.717) is 17.6 Å². The van der Waals surface area contributed by atoms with Crippen molar-refractivity contribution in [3.63, 3.8) is 0 Å². The summed E-state index contributed by atoms with van der Waals surface area (Å²) >= 11 is 0. The third-order valence-corrected chi connectivity index (χ3v) is 6.82. The van der Waals surface area contributed by atoms with Gasteiger partial charge in [-0.2, -0.15) is 0 Å². The fraction of sp³-hybridized carbons (Fsp3) is 0.889. The number of likely N-dealkylation sites (N-methyl/N-ethyl adjacent to an activating group) is 1. The molecule has 8 nitrogen and oxygen atoms in total. The fourth-order valence-electron chi connectivity index (χ4n) is 4.76. The molecule has 1 heterocycles. The molecular formula is C27H55N3O5+2. The maximum absolute atomic E-state index is 11.5. The lowest BCUT2D eigenvalue weighted by molar-refractivity contribution is -0.897. The third kappa shape index (κ3) is 14.0. The van der Waals surface area contributed by atoms with Crippen molar-refractivity contribution < 1.29 is 33.9 Å². The van der Waals surface area contributed by atoms with Gasteiger partial charge >= 0.3 is 11.9 Å². The lowest BCUT2D eigenvalue weighted by Gasteiger charge is -2.40. The summed E-state index contributed by atoms with van der Waals surface area (Å²) in [5, 5.41) is 28.0. The first-order valence-electron chi connectivity index (χ1n) is 13.7. The molecule has 0 spiro atoms. The van der Waals surface area contributed by atoms with Gasteiger partial charge in [-0.3, -0.25) is 0 Å². The van der Waals surface area contributed by atoms with E-state index in [0.717, 1.165) is 25.1 Å². The predicted molar refractivity (Wildman–Crippen MR) is 142 cm³/mol. The van der Waals surface area contributed by atoms with Crippen LogP contribution in [0, 0.1) is 0 Å². The number of nitrogens with zero attached hydrogens (tertiary/aromatic N) is 3. The van der Waals surface area contributed by atoms with Gasteiger partial charge in [0.2, 0.25) is 5.84 Å². The number of unbranched alkanes of at least 4 members (excludes halogenated alkanes) is 11. The number of carboxylic acids is 2. The average molecular weight is 502 g/mol. The van der Waals surface area contributed by atoms with Gasteiger partial charge in [0, 0.05) is 13.3 Å². The number of aliphatic hydroxyl groups is 1. The van der Waals surface area contributed by atoms with Crippen molar-refractivity contribution in [2.75, 3.05) is 40.8 Å². The summed E-state index contributed by atoms with van der Waals surface area (Å²) < 4.78 is 0.600. The van der Waals surface area contributed by atoms with E-state index >= 15 is 0 Å². The van der Waals surface area contributed by atoms with E-state index in [1.165, 1.54) is 64.2 Å². The van der Waals surface area contributed by atoms with Crippen molar-refractivity contribution in [3.05, 3.63) is 0 Å². The summed E-state index contributed by atoms with van der Waals surface area (Å²) in [6, 6.07) is -0.649. The number of amidine groups is 1. The molecule has 1 aliphatic heterocycles. The highest BCUT2D eigenvalue weighted by atomic mass is 16.4. The number of quaternary nitrogens is 2. The topological polar surface area (TPSA) is 107 Å². The lowest BCUT2D eigenvalue weighted by Crippen LogP contribution is -2.64. The Morgan fingerprint density at radius 3 is 1.69 bits per heavy atom. The van der Waals surface area contributed by atoms with Crippen molar-refractivity contribution in [1.82, 2.24) is 0 Å². The summed E-state index contributed by atoms with van der Waals surface area (Å²) in [5.74, 6) is -0.732. The summed E-state index contributed by atoms with van der Waals surface area (Å²) in [6.07, 6.45) is 15.8. The smallest absolute Gasteiger partial charge is 0.362 e. The molecule has 3 N–H and O–H groups in total. The molecule has 1 rings (SSSR count). The van der Waals surface area contributed by atoms with Gasteiger partial charge in [0.15, 0.2) is 18.8 Å². The molecule has 35 heavy (non-hydrogen) atoms. The van der Waals surface area contributed by atoms with Crippen LogP contribution in [0.15, 0.2) is 4.99 Å². The first kappa shape index (κ1) is 33.5. The Labute approximate surface area is 214 Å². The Bertz CT molecular complexity index is 631. The minimum absolute atomic E-state index is 0.118. The van der Waals surface area contributed by atoms with E-state index in [-0.39, 0.29) is 11.0 Å². The number of hydrogen-bond acceptors (Lipinski definition) is 4. The van der Waals surface area contributed by atoms with Crippen molar-refractivity contribution >= 4 is 17.8 Å². The molecule has 206 valence electrons. The molecule has 0 aliphatic carbocycles. The van der Waals surface area contributed by atoms with Crippen LogP contribution in [0.2, 0.25) is 0 Å². The average Bonchev–Trinajstić information content (AvgIpc) is 3.17. The molecule has 0 saturated carbocycles. The normalized spacial score (nSPS) is 19.5. The second-order valence-electron chi connectivity index (χ2n) is 11.1. The quantitative estimate of drug-likeness (QED) is 0.183. The van der Waals surface area contributed by atoms with Gasteiger partial charge in [-0.05, 0) is 13.3 Å². The van der Waals surface area contributed by atoms with Gasteiger partial charge in [0.05, 0.1) is 27.7 Å². The Morgan fingerprint density at radius 2 is 1.34 bits per heavy atom. The molecule has 8 heteroatoms. The lowest BCUT2D eigenvalue weighted by atomic mass is 10.0. The Kier molecular flexibility index (Phi) is 17.1. The summed E-state index contributed by atoms with van der Waals surface area (Å²) in [6.45, 7) is 7.05. The molecule has 0 saturated heterocycles. The molecular weight excluding hydrogens is 446 g/mol. The molecule has 0 amide bonds. The van der Waals surface area contributed by atoms with Crippen LogP contribution in [0.3, 0.4) is 0 Å². The van der Waals surface area contributed by atoms with Crippen LogP contribution in [0.5, 0.6) is 0 Å². The number of rotatable bonds is 18. The molecule has 0 bridgehead atoms. The van der Waals surface area contributed by atoms with Crippen LogP contribution in [-0.2, 0) is 9.59 Å². The van der Waals surface area contributed by atoms with Crippen molar-refractivity contribution in [2.24, 2.45) is 4.99 Å². The number of aliphatic imine (C=N–C) groups is 1. The molecule has 0 aromatic rings. The number of carbonyl (C=O) groups is 2. The van der Waals surface area contributed by atoms with E-state index in [2.05, 4.69) is 11.9 Å². The second-order valence-corrected chi connectivity index (χ2v) is 11.1. The summed E-state index contributed by atoms with van der Waals surface area (Å²) in [4.78, 5) is 26.1. The van der Waals surface area contributed by atoms with Gasteiger partial charge in [0.1, 0.15) is 6.54 Å². The Balaban J connectivity index is 0.00000124. The van der Waals surface area contributed by atoms with Crippen LogP contribution in [0.4, 0.5) is 0 Å². The van der Waals surface area contributed by atoms with Crippen molar-refractivity contribution in [1.29, 1.82) is 0 Å². The third-order valence-electron chi connectivity index (χ3n) is 6.82. The first-order valence-corrected chi connectivity index (χ1v) is 13.7. The number of hydrogen-bond donors (Lipinski definition) is 3. The standard InChI is InChI=1S/C22H42N2O3.C5H11NO2/c1-4-5-6-7-8-9-10-11-12-13-14-15-16-21-23-17-18-24(21,20(3)25)19(2)22(26)27;1-6(2,3)4-5(7)8/h19-20,25H,4-18H2,1-3H3;4H2,1-3H3/p+2. The van der Waals surface area contributed by atoms with Gasteiger partial charge in [0.25, 0.3) is 0 Å². The van der Waals surface area contributed by atoms with E-state index in [1.54, 1.807) is 13.8 Å². The molecule has 0 aromatic heterocycles. The van der Waals surface area contributed by atoms with Gasteiger partial charge in [-0.1, -0.05) is 77.6 Å². The highest BCUT2D eigenvalue weighted by Crippen LogP contribution is 2.27. The Morgan fingerprint density at radius 1 is 0.886 bits per heavy atom. The minimum Gasteiger partial charge on any atom is -0.477 e. The zero-order valence-electron chi connectivity index (χ0n) is 23.5. The molecule has 3 atom stereocenters.